The van der Waals surface area contributed by atoms with Crippen LogP contribution in [0.3, 0.4) is 0 Å². The number of nitro benzene ring substituents is 1. The zero-order valence-electron chi connectivity index (χ0n) is 16.4. The van der Waals surface area contributed by atoms with Crippen molar-refractivity contribution in [2.45, 2.75) is 6.42 Å². The number of carbonyl (C=O) groups excluding carboxylic acids is 1. The van der Waals surface area contributed by atoms with Gasteiger partial charge in [0.2, 0.25) is 0 Å². The van der Waals surface area contributed by atoms with Gasteiger partial charge in [0.15, 0.2) is 5.13 Å². The van der Waals surface area contributed by atoms with Crippen molar-refractivity contribution in [3.05, 3.63) is 79.8 Å². The standard InChI is InChI=1S/C21H19ClN4O4S/c22-16-4-1-14(2-5-16)11-17-13-23-21(31-17)24-20(27)15-3-6-18(19(12-15)26(28)29)25-7-9-30-10-8-25/h1-6,12-13H,7-11H2,(H,23,24,27). The number of nitrogens with zero attached hydrogens (tertiary/aromatic N) is 3. The van der Waals surface area contributed by atoms with Crippen LogP contribution in [0, 0.1) is 10.1 Å². The Morgan fingerprint density at radius 2 is 1.97 bits per heavy atom. The van der Waals surface area contributed by atoms with Gasteiger partial charge in [-0.25, -0.2) is 4.98 Å². The minimum absolute atomic E-state index is 0.0999. The number of thiazole rings is 1. The number of halogens is 1. The van der Waals surface area contributed by atoms with Gasteiger partial charge in [0.25, 0.3) is 11.6 Å². The van der Waals surface area contributed by atoms with Gasteiger partial charge in [-0.05, 0) is 29.8 Å². The number of hydrogen-bond donors (Lipinski definition) is 1. The van der Waals surface area contributed by atoms with Crippen molar-refractivity contribution in [3.63, 3.8) is 0 Å². The summed E-state index contributed by atoms with van der Waals surface area (Å²) in [6, 6.07) is 12.1. The maximum absolute atomic E-state index is 12.7. The van der Waals surface area contributed by atoms with Crippen LogP contribution in [-0.4, -0.2) is 42.1 Å². The number of nitrogens with one attached hydrogen (secondary N) is 1. The zero-order chi connectivity index (χ0) is 21.8. The van der Waals surface area contributed by atoms with E-state index in [-0.39, 0.29) is 11.3 Å². The van der Waals surface area contributed by atoms with Crippen LogP contribution < -0.4 is 10.2 Å². The van der Waals surface area contributed by atoms with E-state index in [4.69, 9.17) is 16.3 Å². The Morgan fingerprint density at radius 3 is 2.68 bits per heavy atom. The van der Waals surface area contributed by atoms with Crippen molar-refractivity contribution in [2.75, 3.05) is 36.5 Å². The van der Waals surface area contributed by atoms with E-state index in [9.17, 15) is 14.9 Å². The molecule has 0 unspecified atom stereocenters. The third-order valence-electron chi connectivity index (χ3n) is 4.85. The van der Waals surface area contributed by atoms with Crippen molar-refractivity contribution in [3.8, 4) is 0 Å². The fourth-order valence-electron chi connectivity index (χ4n) is 3.30. The third-order valence-corrected chi connectivity index (χ3v) is 6.02. The van der Waals surface area contributed by atoms with E-state index in [1.165, 1.54) is 17.4 Å². The normalized spacial score (nSPS) is 13.8. The van der Waals surface area contributed by atoms with Crippen molar-refractivity contribution in [1.29, 1.82) is 0 Å². The second-order valence-corrected chi connectivity index (χ2v) is 8.50. The molecule has 0 saturated carbocycles. The van der Waals surface area contributed by atoms with Crippen molar-refractivity contribution in [2.24, 2.45) is 0 Å². The van der Waals surface area contributed by atoms with Crippen LogP contribution in [0.25, 0.3) is 0 Å². The molecule has 0 bridgehead atoms. The molecular weight excluding hydrogens is 440 g/mol. The molecule has 0 radical (unpaired) electrons. The van der Waals surface area contributed by atoms with Gasteiger partial charge in [-0.2, -0.15) is 0 Å². The van der Waals surface area contributed by atoms with Gasteiger partial charge >= 0.3 is 0 Å². The summed E-state index contributed by atoms with van der Waals surface area (Å²) in [5.41, 5.74) is 1.68. The summed E-state index contributed by atoms with van der Waals surface area (Å²) >= 11 is 7.27. The largest absolute Gasteiger partial charge is 0.378 e. The molecule has 2 heterocycles. The number of hydrogen-bond acceptors (Lipinski definition) is 7. The molecule has 0 spiro atoms. The lowest BCUT2D eigenvalue weighted by Gasteiger charge is -2.28. The molecule has 31 heavy (non-hydrogen) atoms. The first-order valence-corrected chi connectivity index (χ1v) is 10.8. The average Bonchev–Trinajstić information content (AvgIpc) is 3.22. The molecule has 10 heteroatoms. The molecule has 2 aromatic carbocycles. The van der Waals surface area contributed by atoms with Crippen molar-refractivity contribution < 1.29 is 14.5 Å². The van der Waals surface area contributed by atoms with Gasteiger partial charge in [-0.1, -0.05) is 23.7 Å². The highest BCUT2D eigenvalue weighted by Crippen LogP contribution is 2.30. The Hall–Kier alpha value is -3.01. The summed E-state index contributed by atoms with van der Waals surface area (Å²) in [7, 11) is 0. The van der Waals surface area contributed by atoms with Gasteiger partial charge in [0, 0.05) is 47.2 Å². The molecule has 1 amide bonds. The first-order valence-electron chi connectivity index (χ1n) is 9.61. The number of ether oxygens (including phenoxy) is 1. The lowest BCUT2D eigenvalue weighted by molar-refractivity contribution is -0.384. The molecule has 1 aliphatic heterocycles. The van der Waals surface area contributed by atoms with Crippen LogP contribution in [0.1, 0.15) is 20.8 Å². The number of aromatic nitrogens is 1. The SMILES string of the molecule is O=C(Nc1ncc(Cc2ccc(Cl)cc2)s1)c1ccc(N2CCOCC2)c([N+](=O)[O-])c1. The van der Waals surface area contributed by atoms with Crippen molar-refractivity contribution in [1.82, 2.24) is 4.98 Å². The monoisotopic (exact) mass is 458 g/mol. The van der Waals surface area contributed by atoms with E-state index in [0.717, 1.165) is 10.4 Å². The third kappa shape index (κ3) is 5.19. The van der Waals surface area contributed by atoms with Crippen molar-refractivity contribution >= 4 is 45.4 Å². The quantitative estimate of drug-likeness (QED) is 0.434. The number of morpholine rings is 1. The fourth-order valence-corrected chi connectivity index (χ4v) is 4.27. The van der Waals surface area contributed by atoms with Crippen LogP contribution in [0.5, 0.6) is 0 Å². The van der Waals surface area contributed by atoms with Crippen LogP contribution in [0.15, 0.2) is 48.7 Å². The van der Waals surface area contributed by atoms with Gasteiger partial charge in [-0.3, -0.25) is 20.2 Å². The highest BCUT2D eigenvalue weighted by Gasteiger charge is 2.23. The van der Waals surface area contributed by atoms with E-state index >= 15 is 0 Å². The Morgan fingerprint density at radius 1 is 1.23 bits per heavy atom. The molecule has 0 aliphatic carbocycles. The highest BCUT2D eigenvalue weighted by atomic mass is 35.5. The smallest absolute Gasteiger partial charge is 0.293 e. The maximum Gasteiger partial charge on any atom is 0.293 e. The summed E-state index contributed by atoms with van der Waals surface area (Å²) < 4.78 is 5.31. The van der Waals surface area contributed by atoms with Gasteiger partial charge in [0.1, 0.15) is 5.69 Å². The number of anilines is 2. The molecule has 160 valence electrons. The lowest BCUT2D eigenvalue weighted by Crippen LogP contribution is -2.36. The fraction of sp³-hybridized carbons (Fsp3) is 0.238. The predicted octanol–water partition coefficient (Wildman–Crippen LogP) is 4.38. The van der Waals surface area contributed by atoms with E-state index in [2.05, 4.69) is 10.3 Å². The Labute approximate surface area is 187 Å². The second-order valence-electron chi connectivity index (χ2n) is 6.95. The summed E-state index contributed by atoms with van der Waals surface area (Å²) in [6.07, 6.45) is 2.38. The molecule has 1 aromatic heterocycles. The first kappa shape index (κ1) is 21.2. The van der Waals surface area contributed by atoms with Crippen LogP contribution in [0.2, 0.25) is 5.02 Å². The number of benzene rings is 2. The van der Waals surface area contributed by atoms with Gasteiger partial charge in [-0.15, -0.1) is 11.3 Å². The summed E-state index contributed by atoms with van der Waals surface area (Å²) in [5, 5.41) is 15.4. The van der Waals surface area contributed by atoms with E-state index in [1.807, 2.05) is 29.2 Å². The van der Waals surface area contributed by atoms with Gasteiger partial charge < -0.3 is 9.64 Å². The first-order chi connectivity index (χ1) is 15.0. The minimum atomic E-state index is -0.463. The van der Waals surface area contributed by atoms with E-state index in [1.54, 1.807) is 18.3 Å². The average molecular weight is 459 g/mol. The molecular formula is C21H19ClN4O4S. The predicted molar refractivity (Wildman–Crippen MR) is 120 cm³/mol. The number of carbonyl (C=O) groups is 1. The molecule has 3 aromatic rings. The summed E-state index contributed by atoms with van der Waals surface area (Å²) in [6.45, 7) is 2.17. The molecule has 0 atom stereocenters. The number of amides is 1. The second kappa shape index (κ2) is 9.42. The summed E-state index contributed by atoms with van der Waals surface area (Å²) in [5.74, 6) is -0.441. The van der Waals surface area contributed by atoms with Crippen LogP contribution in [-0.2, 0) is 11.2 Å². The van der Waals surface area contributed by atoms with Crippen LogP contribution in [0.4, 0.5) is 16.5 Å². The Kier molecular flexibility index (Phi) is 6.45. The maximum atomic E-state index is 12.7. The zero-order valence-corrected chi connectivity index (χ0v) is 18.0. The Balaban J connectivity index is 1.47. The minimum Gasteiger partial charge on any atom is -0.378 e. The van der Waals surface area contributed by atoms with Gasteiger partial charge in [0.05, 0.1) is 18.1 Å². The molecule has 1 saturated heterocycles. The number of rotatable bonds is 6. The number of nitro groups is 1. The topological polar surface area (TPSA) is 97.6 Å². The van der Waals surface area contributed by atoms with Crippen LogP contribution >= 0.6 is 22.9 Å². The molecule has 1 N–H and O–H groups in total. The molecule has 1 fully saturated rings. The van der Waals surface area contributed by atoms with E-state index < -0.39 is 10.8 Å². The van der Waals surface area contributed by atoms with E-state index in [0.29, 0.717) is 48.6 Å². The highest BCUT2D eigenvalue weighted by molar-refractivity contribution is 7.15. The lowest BCUT2D eigenvalue weighted by atomic mass is 10.1. The Bertz CT molecular complexity index is 1100. The molecule has 4 rings (SSSR count). The molecule has 8 nitrogen and oxygen atoms in total. The molecule has 1 aliphatic rings. The summed E-state index contributed by atoms with van der Waals surface area (Å²) in [4.78, 5) is 30.9.